The molecule has 0 aliphatic heterocycles. The zero-order chi connectivity index (χ0) is 15.4. The first kappa shape index (κ1) is 23.9. The molecule has 1 aliphatic rings. The SMILES string of the molecule is CC(C)(C)c1[c-]c2c(cc1)-c1cc(C(C)(C)C)ccc1C2.[Cl-].[Cl-].[Zr+3]. The Morgan fingerprint density at radius 2 is 1.42 bits per heavy atom. The molecule has 0 bridgehead atoms. The maximum atomic E-state index is 3.67. The minimum atomic E-state index is 0. The fraction of sp³-hybridized carbons (Fsp3) is 0.429. The average Bonchev–Trinajstić information content (AvgIpc) is 2.73. The second kappa shape index (κ2) is 8.07. The van der Waals surface area contributed by atoms with Gasteiger partial charge in [0.25, 0.3) is 0 Å². The molecule has 1 radical (unpaired) electrons. The third-order valence-corrected chi connectivity index (χ3v) is 4.47. The molecule has 1 aliphatic carbocycles. The Morgan fingerprint density at radius 3 is 1.96 bits per heavy atom. The quantitative estimate of drug-likeness (QED) is 0.421. The van der Waals surface area contributed by atoms with E-state index in [0.717, 1.165) is 6.42 Å². The number of hydrogen-bond donors (Lipinski definition) is 0. The minimum Gasteiger partial charge on any atom is -1.00 e. The van der Waals surface area contributed by atoms with Crippen LogP contribution in [-0.2, 0) is 43.5 Å². The Hall–Kier alpha value is -0.0969. The first-order valence-electron chi connectivity index (χ1n) is 7.86. The molecule has 0 N–H and O–H groups in total. The van der Waals surface area contributed by atoms with Crippen molar-refractivity contribution in [1.82, 2.24) is 0 Å². The normalized spacial score (nSPS) is 12.2. The van der Waals surface area contributed by atoms with Crippen molar-refractivity contribution in [3.05, 3.63) is 58.7 Å². The molecule has 24 heavy (non-hydrogen) atoms. The van der Waals surface area contributed by atoms with Crippen LogP contribution in [0.15, 0.2) is 30.3 Å². The number of fused-ring (bicyclic) bond motifs is 3. The van der Waals surface area contributed by atoms with Gasteiger partial charge in [-0.3, -0.25) is 0 Å². The van der Waals surface area contributed by atoms with Crippen LogP contribution in [0.25, 0.3) is 11.1 Å². The van der Waals surface area contributed by atoms with Gasteiger partial charge in [-0.15, -0.1) is 11.1 Å². The van der Waals surface area contributed by atoms with Crippen molar-refractivity contribution in [3.63, 3.8) is 0 Å². The van der Waals surface area contributed by atoms with Crippen LogP contribution in [0.5, 0.6) is 0 Å². The summed E-state index contributed by atoms with van der Waals surface area (Å²) in [6, 6.07) is 15.2. The van der Waals surface area contributed by atoms with Crippen LogP contribution in [0.2, 0.25) is 0 Å². The molecule has 0 fully saturated rings. The van der Waals surface area contributed by atoms with Crippen LogP contribution >= 0.6 is 0 Å². The summed E-state index contributed by atoms with van der Waals surface area (Å²) in [5.74, 6) is 0. The van der Waals surface area contributed by atoms with E-state index in [1.807, 2.05) is 0 Å². The van der Waals surface area contributed by atoms with Crippen LogP contribution in [0, 0.1) is 6.07 Å². The van der Waals surface area contributed by atoms with Gasteiger partial charge < -0.3 is 24.8 Å². The van der Waals surface area contributed by atoms with Crippen LogP contribution in [0.1, 0.15) is 63.8 Å². The zero-order valence-corrected chi connectivity index (χ0v) is 19.3. The number of hydrogen-bond acceptors (Lipinski definition) is 0. The van der Waals surface area contributed by atoms with Crippen molar-refractivity contribution < 1.29 is 51.0 Å². The Labute approximate surface area is 178 Å². The summed E-state index contributed by atoms with van der Waals surface area (Å²) in [5, 5.41) is 0. The second-order valence-corrected chi connectivity index (χ2v) is 8.31. The van der Waals surface area contributed by atoms with Gasteiger partial charge >= 0.3 is 26.2 Å². The van der Waals surface area contributed by atoms with E-state index >= 15 is 0 Å². The van der Waals surface area contributed by atoms with E-state index in [2.05, 4.69) is 77.9 Å². The van der Waals surface area contributed by atoms with Gasteiger partial charge in [0.2, 0.25) is 0 Å². The van der Waals surface area contributed by atoms with Gasteiger partial charge in [-0.1, -0.05) is 70.9 Å². The molecular weight excluding hydrogens is 414 g/mol. The average molecular weight is 440 g/mol. The summed E-state index contributed by atoms with van der Waals surface area (Å²) >= 11 is 0. The molecule has 3 rings (SSSR count). The third kappa shape index (κ3) is 4.54. The summed E-state index contributed by atoms with van der Waals surface area (Å²) in [6.07, 6.45) is 1.03. The fourth-order valence-electron chi connectivity index (χ4n) is 3.01. The molecular formula is C21H25Cl2Zr. The van der Waals surface area contributed by atoms with E-state index in [0.29, 0.717) is 0 Å². The summed E-state index contributed by atoms with van der Waals surface area (Å²) in [7, 11) is 0. The molecule has 0 unspecified atom stereocenters. The second-order valence-electron chi connectivity index (χ2n) is 8.31. The van der Waals surface area contributed by atoms with Gasteiger partial charge in [0.1, 0.15) is 0 Å². The molecule has 0 amide bonds. The van der Waals surface area contributed by atoms with Crippen molar-refractivity contribution in [1.29, 1.82) is 0 Å². The van der Waals surface area contributed by atoms with E-state index < -0.39 is 0 Å². The van der Waals surface area contributed by atoms with Gasteiger partial charge in [-0.05, 0) is 22.8 Å². The van der Waals surface area contributed by atoms with Gasteiger partial charge in [0.05, 0.1) is 0 Å². The van der Waals surface area contributed by atoms with Crippen LogP contribution in [0.4, 0.5) is 0 Å². The van der Waals surface area contributed by atoms with Gasteiger partial charge in [-0.2, -0.15) is 23.8 Å². The van der Waals surface area contributed by atoms with Gasteiger partial charge in [0.15, 0.2) is 0 Å². The van der Waals surface area contributed by atoms with Crippen molar-refractivity contribution in [2.45, 2.75) is 58.8 Å². The molecule has 0 aromatic heterocycles. The Morgan fingerprint density at radius 1 is 0.792 bits per heavy atom. The van der Waals surface area contributed by atoms with Gasteiger partial charge in [0, 0.05) is 0 Å². The number of halogens is 2. The topological polar surface area (TPSA) is 0 Å². The summed E-state index contributed by atoms with van der Waals surface area (Å²) in [6.45, 7) is 13.6. The van der Waals surface area contributed by atoms with E-state index in [1.54, 1.807) is 0 Å². The molecule has 2 aromatic rings. The predicted molar refractivity (Wildman–Crippen MR) is 90.9 cm³/mol. The molecule has 127 valence electrons. The van der Waals surface area contributed by atoms with Crippen molar-refractivity contribution in [3.8, 4) is 11.1 Å². The molecule has 2 aromatic carbocycles. The van der Waals surface area contributed by atoms with Crippen LogP contribution in [-0.4, -0.2) is 0 Å². The standard InChI is InChI=1S/C21H25.2ClH.Zr/c1-20(2,3)16-9-10-18-15(12-16)11-14-7-8-17(13-19(14)18)21(4,5)6;;;/h7-10,13H,11H2,1-6H3;2*1H;/q-1;;;+3/p-2. The Kier molecular flexibility index (Phi) is 8.04. The maximum Gasteiger partial charge on any atom is 3.00 e. The summed E-state index contributed by atoms with van der Waals surface area (Å²) < 4.78 is 0. The van der Waals surface area contributed by atoms with E-state index in [1.165, 1.54) is 33.4 Å². The molecule has 0 spiro atoms. The predicted octanol–water partition coefficient (Wildman–Crippen LogP) is -0.342. The van der Waals surface area contributed by atoms with Crippen molar-refractivity contribution in [2.75, 3.05) is 0 Å². The molecule has 3 heteroatoms. The van der Waals surface area contributed by atoms with Crippen LogP contribution < -0.4 is 24.8 Å². The van der Waals surface area contributed by atoms with Gasteiger partial charge in [-0.25, -0.2) is 0 Å². The first-order valence-corrected chi connectivity index (χ1v) is 7.86. The summed E-state index contributed by atoms with van der Waals surface area (Å²) in [4.78, 5) is 0. The zero-order valence-electron chi connectivity index (χ0n) is 15.3. The van der Waals surface area contributed by atoms with Crippen LogP contribution in [0.3, 0.4) is 0 Å². The fourth-order valence-corrected chi connectivity index (χ4v) is 3.01. The van der Waals surface area contributed by atoms with E-state index in [9.17, 15) is 0 Å². The third-order valence-electron chi connectivity index (χ3n) is 4.47. The monoisotopic (exact) mass is 437 g/mol. The van der Waals surface area contributed by atoms with E-state index in [-0.39, 0.29) is 61.8 Å². The maximum absolute atomic E-state index is 3.67. The molecule has 0 heterocycles. The Balaban J connectivity index is 0.00000176. The summed E-state index contributed by atoms with van der Waals surface area (Å²) in [5.41, 5.74) is 8.69. The minimum absolute atomic E-state index is 0. The van der Waals surface area contributed by atoms with Crippen molar-refractivity contribution >= 4 is 0 Å². The van der Waals surface area contributed by atoms with E-state index in [4.69, 9.17) is 0 Å². The Bertz CT molecular complexity index is 707. The number of rotatable bonds is 0. The number of benzene rings is 2. The largest absolute Gasteiger partial charge is 3.00 e. The molecule has 0 atom stereocenters. The molecule has 0 nitrogen and oxygen atoms in total. The van der Waals surface area contributed by atoms with Crippen molar-refractivity contribution in [2.24, 2.45) is 0 Å². The molecule has 0 saturated heterocycles. The smallest absolute Gasteiger partial charge is 1.00 e. The molecule has 0 saturated carbocycles. The first-order chi connectivity index (χ1) is 9.66.